The van der Waals surface area contributed by atoms with Crippen molar-refractivity contribution in [1.82, 2.24) is 0 Å². The second-order valence-electron chi connectivity index (χ2n) is 3.85. The molecular weight excluding hydrogens is 154 g/mol. The van der Waals surface area contributed by atoms with Crippen LogP contribution in [0.2, 0.25) is 0 Å². The second kappa shape index (κ2) is 4.21. The molecule has 0 saturated carbocycles. The van der Waals surface area contributed by atoms with Crippen molar-refractivity contribution < 1.29 is 9.47 Å². The van der Waals surface area contributed by atoms with Gasteiger partial charge in [-0.2, -0.15) is 0 Å². The standard InChI is InChI=1S/C9H19NO2/c1-8(2)9(6-12-7-9)5-11-4-3-10/h8H,3-7,10H2,1-2H3. The second-order valence-corrected chi connectivity index (χ2v) is 3.85. The fourth-order valence-corrected chi connectivity index (χ4v) is 1.31. The summed E-state index contributed by atoms with van der Waals surface area (Å²) in [6.45, 7) is 8.18. The van der Waals surface area contributed by atoms with Crippen molar-refractivity contribution in [3.05, 3.63) is 0 Å². The van der Waals surface area contributed by atoms with Gasteiger partial charge in [0.25, 0.3) is 0 Å². The zero-order valence-corrected chi connectivity index (χ0v) is 8.01. The summed E-state index contributed by atoms with van der Waals surface area (Å²) in [5.74, 6) is 0.629. The Labute approximate surface area is 74.2 Å². The van der Waals surface area contributed by atoms with E-state index in [0.717, 1.165) is 19.8 Å². The molecule has 1 rings (SSSR count). The van der Waals surface area contributed by atoms with Crippen LogP contribution >= 0.6 is 0 Å². The Balaban J connectivity index is 2.25. The molecule has 1 saturated heterocycles. The molecule has 1 heterocycles. The van der Waals surface area contributed by atoms with E-state index in [9.17, 15) is 0 Å². The molecule has 0 aromatic carbocycles. The summed E-state index contributed by atoms with van der Waals surface area (Å²) in [7, 11) is 0. The molecule has 12 heavy (non-hydrogen) atoms. The maximum Gasteiger partial charge on any atom is 0.0589 e. The molecule has 1 aliphatic heterocycles. The van der Waals surface area contributed by atoms with E-state index >= 15 is 0 Å². The Hall–Kier alpha value is -0.120. The van der Waals surface area contributed by atoms with Crippen LogP contribution in [0.5, 0.6) is 0 Å². The van der Waals surface area contributed by atoms with Crippen molar-refractivity contribution in [2.45, 2.75) is 13.8 Å². The molecule has 0 amide bonds. The van der Waals surface area contributed by atoms with Gasteiger partial charge in [0.1, 0.15) is 0 Å². The van der Waals surface area contributed by atoms with Crippen LogP contribution < -0.4 is 5.73 Å². The van der Waals surface area contributed by atoms with Crippen molar-refractivity contribution in [3.63, 3.8) is 0 Å². The van der Waals surface area contributed by atoms with Gasteiger partial charge in [-0.3, -0.25) is 0 Å². The highest BCUT2D eigenvalue weighted by atomic mass is 16.5. The molecule has 2 N–H and O–H groups in total. The first-order chi connectivity index (χ1) is 5.71. The highest BCUT2D eigenvalue weighted by Crippen LogP contribution is 2.35. The molecule has 0 aliphatic carbocycles. The van der Waals surface area contributed by atoms with Gasteiger partial charge < -0.3 is 15.2 Å². The van der Waals surface area contributed by atoms with Crippen LogP contribution in [0, 0.1) is 11.3 Å². The van der Waals surface area contributed by atoms with Crippen molar-refractivity contribution in [1.29, 1.82) is 0 Å². The third-order valence-electron chi connectivity index (χ3n) is 2.66. The minimum absolute atomic E-state index is 0.273. The van der Waals surface area contributed by atoms with Gasteiger partial charge in [0.05, 0.1) is 26.4 Å². The maximum absolute atomic E-state index is 5.45. The van der Waals surface area contributed by atoms with Gasteiger partial charge in [-0.1, -0.05) is 13.8 Å². The molecule has 72 valence electrons. The molecule has 0 aromatic rings. The molecule has 0 bridgehead atoms. The first-order valence-electron chi connectivity index (χ1n) is 4.57. The lowest BCUT2D eigenvalue weighted by atomic mass is 9.76. The molecule has 3 nitrogen and oxygen atoms in total. The predicted octanol–water partition coefficient (Wildman–Crippen LogP) is 0.634. The maximum atomic E-state index is 5.45. The Bertz CT molecular complexity index is 132. The van der Waals surface area contributed by atoms with Crippen molar-refractivity contribution in [3.8, 4) is 0 Å². The lowest BCUT2D eigenvalue weighted by molar-refractivity contribution is -0.171. The fourth-order valence-electron chi connectivity index (χ4n) is 1.31. The van der Waals surface area contributed by atoms with E-state index in [4.69, 9.17) is 15.2 Å². The first kappa shape index (κ1) is 9.96. The SMILES string of the molecule is CC(C)C1(COCCN)COC1. The number of rotatable bonds is 5. The van der Waals surface area contributed by atoms with Crippen LogP contribution in [-0.2, 0) is 9.47 Å². The molecule has 0 spiro atoms. The van der Waals surface area contributed by atoms with Gasteiger partial charge in [-0.15, -0.1) is 0 Å². The van der Waals surface area contributed by atoms with Crippen molar-refractivity contribution in [2.75, 3.05) is 33.0 Å². The molecule has 0 unspecified atom stereocenters. The number of hydrogen-bond acceptors (Lipinski definition) is 3. The molecule has 1 fully saturated rings. The third kappa shape index (κ3) is 1.97. The van der Waals surface area contributed by atoms with Crippen LogP contribution in [-0.4, -0.2) is 33.0 Å². The normalized spacial score (nSPS) is 21.0. The van der Waals surface area contributed by atoms with E-state index in [1.807, 2.05) is 0 Å². The van der Waals surface area contributed by atoms with Crippen LogP contribution in [0.3, 0.4) is 0 Å². The van der Waals surface area contributed by atoms with E-state index < -0.39 is 0 Å². The monoisotopic (exact) mass is 173 g/mol. The van der Waals surface area contributed by atoms with E-state index in [2.05, 4.69) is 13.8 Å². The van der Waals surface area contributed by atoms with E-state index in [1.54, 1.807) is 0 Å². The quantitative estimate of drug-likeness (QED) is 0.620. The Morgan fingerprint density at radius 2 is 2.17 bits per heavy atom. The Morgan fingerprint density at radius 3 is 2.50 bits per heavy atom. The highest BCUT2D eigenvalue weighted by molar-refractivity contribution is 4.88. The fraction of sp³-hybridized carbons (Fsp3) is 1.00. The molecular formula is C9H19NO2. The smallest absolute Gasteiger partial charge is 0.0589 e. The number of nitrogens with two attached hydrogens (primary N) is 1. The summed E-state index contributed by atoms with van der Waals surface area (Å²) >= 11 is 0. The van der Waals surface area contributed by atoms with Gasteiger partial charge in [0.15, 0.2) is 0 Å². The minimum atomic E-state index is 0.273. The van der Waals surface area contributed by atoms with Gasteiger partial charge in [0.2, 0.25) is 0 Å². The van der Waals surface area contributed by atoms with E-state index in [1.165, 1.54) is 0 Å². The summed E-state index contributed by atoms with van der Waals surface area (Å²) in [4.78, 5) is 0. The lowest BCUT2D eigenvalue weighted by Crippen LogP contribution is -2.50. The third-order valence-corrected chi connectivity index (χ3v) is 2.66. The summed E-state index contributed by atoms with van der Waals surface area (Å²) in [5, 5.41) is 0. The van der Waals surface area contributed by atoms with Crippen LogP contribution in [0.15, 0.2) is 0 Å². The Morgan fingerprint density at radius 1 is 1.50 bits per heavy atom. The molecule has 0 radical (unpaired) electrons. The van der Waals surface area contributed by atoms with Gasteiger partial charge in [0, 0.05) is 12.0 Å². The van der Waals surface area contributed by atoms with E-state index in [0.29, 0.717) is 19.1 Å². The summed E-state index contributed by atoms with van der Waals surface area (Å²) in [5.41, 5.74) is 5.61. The van der Waals surface area contributed by atoms with Crippen molar-refractivity contribution in [2.24, 2.45) is 17.1 Å². The van der Waals surface area contributed by atoms with Crippen LogP contribution in [0.1, 0.15) is 13.8 Å². The highest BCUT2D eigenvalue weighted by Gasteiger charge is 2.41. The zero-order chi connectivity index (χ0) is 9.03. The molecule has 3 heteroatoms. The Kier molecular flexibility index (Phi) is 3.50. The summed E-state index contributed by atoms with van der Waals surface area (Å²) < 4.78 is 10.7. The van der Waals surface area contributed by atoms with Gasteiger partial charge in [-0.25, -0.2) is 0 Å². The lowest BCUT2D eigenvalue weighted by Gasteiger charge is -2.44. The molecule has 0 aromatic heterocycles. The predicted molar refractivity (Wildman–Crippen MR) is 48.0 cm³/mol. The van der Waals surface area contributed by atoms with Crippen LogP contribution in [0.4, 0.5) is 0 Å². The summed E-state index contributed by atoms with van der Waals surface area (Å²) in [6.07, 6.45) is 0. The average molecular weight is 173 g/mol. The van der Waals surface area contributed by atoms with Crippen molar-refractivity contribution >= 4 is 0 Å². The molecule has 0 atom stereocenters. The zero-order valence-electron chi connectivity index (χ0n) is 8.01. The topological polar surface area (TPSA) is 44.5 Å². The van der Waals surface area contributed by atoms with Crippen LogP contribution in [0.25, 0.3) is 0 Å². The first-order valence-corrected chi connectivity index (χ1v) is 4.57. The van der Waals surface area contributed by atoms with Gasteiger partial charge in [-0.05, 0) is 5.92 Å². The largest absolute Gasteiger partial charge is 0.380 e. The van der Waals surface area contributed by atoms with Gasteiger partial charge >= 0.3 is 0 Å². The summed E-state index contributed by atoms with van der Waals surface area (Å²) in [6, 6.07) is 0. The molecule has 1 aliphatic rings. The van der Waals surface area contributed by atoms with E-state index in [-0.39, 0.29) is 5.41 Å². The number of hydrogen-bond donors (Lipinski definition) is 1. The number of ether oxygens (including phenoxy) is 2. The average Bonchev–Trinajstić information content (AvgIpc) is 1.94. The minimum Gasteiger partial charge on any atom is -0.380 e.